The van der Waals surface area contributed by atoms with Gasteiger partial charge in [-0.25, -0.2) is 9.97 Å². The predicted molar refractivity (Wildman–Crippen MR) is 90.7 cm³/mol. The van der Waals surface area contributed by atoms with E-state index in [0.29, 0.717) is 0 Å². The van der Waals surface area contributed by atoms with Crippen molar-refractivity contribution in [2.75, 3.05) is 18.1 Å². The molecule has 2 rings (SSSR count). The Balaban J connectivity index is 2.28. The first-order chi connectivity index (χ1) is 9.24. The molecule has 0 aliphatic rings. The fourth-order valence-corrected chi connectivity index (χ4v) is 2.47. The zero-order valence-corrected chi connectivity index (χ0v) is 14.0. The highest BCUT2D eigenvalue weighted by Gasteiger charge is 2.06. The number of thioether (sulfide) groups is 1. The topological polar surface area (TPSA) is 37.8 Å². The summed E-state index contributed by atoms with van der Waals surface area (Å²) in [6.07, 6.45) is 5.02. The van der Waals surface area contributed by atoms with E-state index < -0.39 is 0 Å². The molecule has 0 bridgehead atoms. The van der Waals surface area contributed by atoms with Crippen molar-refractivity contribution in [3.63, 3.8) is 0 Å². The average Bonchev–Trinajstić information content (AvgIpc) is 2.46. The number of halogens is 1. The lowest BCUT2D eigenvalue weighted by molar-refractivity contribution is 0.963. The fraction of sp³-hybridized carbons (Fsp3) is 0.286. The molecule has 0 spiro atoms. The Morgan fingerprint density at radius 3 is 2.63 bits per heavy atom. The van der Waals surface area contributed by atoms with Gasteiger partial charge in [-0.15, -0.1) is 11.8 Å². The smallest absolute Gasteiger partial charge is 0.161 e. The van der Waals surface area contributed by atoms with Crippen LogP contribution in [-0.2, 0) is 0 Å². The standard InChI is InChI=1S/C14H16IN3S/c1-3-8-16-14-12(15)9-17-13(18-14)10-4-6-11(19-2)7-5-10/h4-7,9H,3,8H2,1-2H3,(H,16,17,18). The Kier molecular flexibility index (Phi) is 5.45. The van der Waals surface area contributed by atoms with E-state index in [0.717, 1.165) is 33.7 Å². The van der Waals surface area contributed by atoms with Crippen LogP contribution in [0.2, 0.25) is 0 Å². The van der Waals surface area contributed by atoms with Crippen molar-refractivity contribution < 1.29 is 0 Å². The molecule has 0 amide bonds. The predicted octanol–water partition coefficient (Wildman–Crippen LogP) is 4.29. The SMILES string of the molecule is CCCNc1nc(-c2ccc(SC)cc2)ncc1I. The van der Waals surface area contributed by atoms with E-state index >= 15 is 0 Å². The quantitative estimate of drug-likeness (QED) is 0.616. The van der Waals surface area contributed by atoms with E-state index in [1.807, 2.05) is 6.20 Å². The third-order valence-corrected chi connectivity index (χ3v) is 4.17. The van der Waals surface area contributed by atoms with Gasteiger partial charge in [-0.1, -0.05) is 19.1 Å². The second-order valence-corrected chi connectivity index (χ2v) is 6.09. The molecule has 1 aromatic heterocycles. The third kappa shape index (κ3) is 3.82. The van der Waals surface area contributed by atoms with Crippen molar-refractivity contribution in [3.8, 4) is 11.4 Å². The van der Waals surface area contributed by atoms with E-state index in [-0.39, 0.29) is 0 Å². The molecule has 1 aromatic carbocycles. The van der Waals surface area contributed by atoms with Gasteiger partial charge < -0.3 is 5.32 Å². The molecule has 0 saturated heterocycles. The van der Waals surface area contributed by atoms with Crippen molar-refractivity contribution in [2.24, 2.45) is 0 Å². The summed E-state index contributed by atoms with van der Waals surface area (Å²) in [5.74, 6) is 1.69. The zero-order valence-electron chi connectivity index (χ0n) is 11.0. The van der Waals surface area contributed by atoms with Crippen LogP contribution < -0.4 is 5.32 Å². The van der Waals surface area contributed by atoms with Crippen LogP contribution in [0.15, 0.2) is 35.4 Å². The maximum atomic E-state index is 4.60. The van der Waals surface area contributed by atoms with Crippen LogP contribution in [0.25, 0.3) is 11.4 Å². The van der Waals surface area contributed by atoms with Gasteiger partial charge in [0.2, 0.25) is 0 Å². The van der Waals surface area contributed by atoms with Gasteiger partial charge in [0.05, 0.1) is 3.57 Å². The van der Waals surface area contributed by atoms with E-state index in [1.54, 1.807) is 11.8 Å². The second kappa shape index (κ2) is 7.09. The number of hydrogen-bond acceptors (Lipinski definition) is 4. The first-order valence-corrected chi connectivity index (χ1v) is 8.45. The molecule has 0 unspecified atom stereocenters. The lowest BCUT2D eigenvalue weighted by Crippen LogP contribution is -2.05. The van der Waals surface area contributed by atoms with Crippen molar-refractivity contribution in [1.29, 1.82) is 0 Å². The van der Waals surface area contributed by atoms with Crippen LogP contribution in [0.4, 0.5) is 5.82 Å². The molecule has 19 heavy (non-hydrogen) atoms. The van der Waals surface area contributed by atoms with E-state index in [2.05, 4.69) is 75.3 Å². The highest BCUT2D eigenvalue weighted by Crippen LogP contribution is 2.23. The molecule has 0 aliphatic heterocycles. The molecule has 0 radical (unpaired) electrons. The highest BCUT2D eigenvalue weighted by molar-refractivity contribution is 14.1. The maximum Gasteiger partial charge on any atom is 0.161 e. The van der Waals surface area contributed by atoms with Crippen molar-refractivity contribution in [1.82, 2.24) is 9.97 Å². The normalized spacial score (nSPS) is 10.5. The van der Waals surface area contributed by atoms with E-state index in [1.165, 1.54) is 4.90 Å². The molecule has 0 fully saturated rings. The summed E-state index contributed by atoms with van der Waals surface area (Å²) < 4.78 is 1.05. The minimum absolute atomic E-state index is 0.770. The van der Waals surface area contributed by atoms with Gasteiger partial charge >= 0.3 is 0 Å². The summed E-state index contributed by atoms with van der Waals surface area (Å²) in [7, 11) is 0. The van der Waals surface area contributed by atoms with Crippen LogP contribution in [0.1, 0.15) is 13.3 Å². The summed E-state index contributed by atoms with van der Waals surface area (Å²) in [6.45, 7) is 3.07. The monoisotopic (exact) mass is 385 g/mol. The first kappa shape index (κ1) is 14.6. The van der Waals surface area contributed by atoms with E-state index in [4.69, 9.17) is 0 Å². The summed E-state index contributed by atoms with van der Waals surface area (Å²) >= 11 is 3.99. The number of nitrogens with zero attached hydrogens (tertiary/aromatic N) is 2. The second-order valence-electron chi connectivity index (χ2n) is 4.05. The summed E-state index contributed by atoms with van der Waals surface area (Å²) in [5, 5.41) is 3.33. The molecule has 100 valence electrons. The molecule has 1 heterocycles. The number of nitrogens with one attached hydrogen (secondary N) is 1. The summed E-state index contributed by atoms with van der Waals surface area (Å²) in [5.41, 5.74) is 1.05. The van der Waals surface area contributed by atoms with Crippen LogP contribution in [-0.4, -0.2) is 22.8 Å². The lowest BCUT2D eigenvalue weighted by atomic mass is 10.2. The van der Waals surface area contributed by atoms with Gasteiger partial charge in [-0.3, -0.25) is 0 Å². The molecule has 5 heteroatoms. The highest BCUT2D eigenvalue weighted by atomic mass is 127. The van der Waals surface area contributed by atoms with Crippen LogP contribution >= 0.6 is 34.4 Å². The van der Waals surface area contributed by atoms with Crippen molar-refractivity contribution in [2.45, 2.75) is 18.2 Å². The summed E-state index contributed by atoms with van der Waals surface area (Å²) in [4.78, 5) is 10.3. The number of rotatable bonds is 5. The number of aromatic nitrogens is 2. The molecular weight excluding hydrogens is 369 g/mol. The maximum absolute atomic E-state index is 4.60. The number of benzene rings is 1. The van der Waals surface area contributed by atoms with Gasteiger partial charge in [0, 0.05) is 23.2 Å². The van der Waals surface area contributed by atoms with Gasteiger partial charge in [-0.2, -0.15) is 0 Å². The Hall–Kier alpha value is -0.820. The van der Waals surface area contributed by atoms with Crippen molar-refractivity contribution >= 4 is 40.2 Å². The van der Waals surface area contributed by atoms with Gasteiger partial charge in [0.15, 0.2) is 5.82 Å². The van der Waals surface area contributed by atoms with Crippen LogP contribution in [0, 0.1) is 3.57 Å². The molecule has 0 aliphatic carbocycles. The Bertz CT molecular complexity index is 543. The Morgan fingerprint density at radius 1 is 1.26 bits per heavy atom. The van der Waals surface area contributed by atoms with Gasteiger partial charge in [0.25, 0.3) is 0 Å². The molecule has 2 aromatic rings. The molecule has 0 atom stereocenters. The molecule has 0 saturated carbocycles. The van der Waals surface area contributed by atoms with Gasteiger partial charge in [0.1, 0.15) is 5.82 Å². The Labute approximate surface area is 131 Å². The minimum atomic E-state index is 0.770. The largest absolute Gasteiger partial charge is 0.369 e. The lowest BCUT2D eigenvalue weighted by Gasteiger charge is -2.08. The van der Waals surface area contributed by atoms with Crippen molar-refractivity contribution in [3.05, 3.63) is 34.0 Å². The minimum Gasteiger partial charge on any atom is -0.369 e. The van der Waals surface area contributed by atoms with Gasteiger partial charge in [-0.05, 0) is 47.4 Å². The molecular formula is C14H16IN3S. The van der Waals surface area contributed by atoms with E-state index in [9.17, 15) is 0 Å². The Morgan fingerprint density at radius 2 is 2.00 bits per heavy atom. The number of hydrogen-bond donors (Lipinski definition) is 1. The molecule has 3 nitrogen and oxygen atoms in total. The number of anilines is 1. The fourth-order valence-electron chi connectivity index (χ4n) is 1.61. The van der Waals surface area contributed by atoms with Crippen LogP contribution in [0.3, 0.4) is 0 Å². The average molecular weight is 385 g/mol. The summed E-state index contributed by atoms with van der Waals surface area (Å²) in [6, 6.07) is 8.33. The third-order valence-electron chi connectivity index (χ3n) is 2.63. The van der Waals surface area contributed by atoms with Crippen LogP contribution in [0.5, 0.6) is 0 Å². The zero-order chi connectivity index (χ0) is 13.7. The first-order valence-electron chi connectivity index (χ1n) is 6.15. The molecule has 1 N–H and O–H groups in total.